The number of carbonyl (C=O) groups excluding carboxylic acids is 1. The molecule has 1 aromatic carbocycles. The molecule has 148 valence electrons. The standard InChI is InChI=1S/C20H25N3OS.2ClH/c21-16-10-14-7-4-8-15(11-16)19(14)23-20(24)17-12-25-18(22-17)9-13-5-2-1-3-6-13;;/h1-3,5-6,12,14-16,19H,4,7-11,21H2,(H,23,24);2*1H. The van der Waals surface area contributed by atoms with E-state index in [2.05, 4.69) is 22.4 Å². The molecule has 2 saturated carbocycles. The number of hydrogen-bond acceptors (Lipinski definition) is 4. The van der Waals surface area contributed by atoms with Crippen molar-refractivity contribution in [1.29, 1.82) is 0 Å². The van der Waals surface area contributed by atoms with Crippen LogP contribution in [0.25, 0.3) is 0 Å². The van der Waals surface area contributed by atoms with Gasteiger partial charge < -0.3 is 11.1 Å². The number of carbonyl (C=O) groups is 1. The number of nitrogens with two attached hydrogens (primary N) is 1. The molecule has 4 nitrogen and oxygen atoms in total. The minimum atomic E-state index is -0.0204. The highest BCUT2D eigenvalue weighted by atomic mass is 35.5. The maximum atomic E-state index is 12.7. The molecule has 3 N–H and O–H groups in total. The Hall–Kier alpha value is -1.14. The molecule has 1 heterocycles. The van der Waals surface area contributed by atoms with Crippen molar-refractivity contribution in [3.05, 3.63) is 52.0 Å². The van der Waals surface area contributed by atoms with Crippen LogP contribution in [0.4, 0.5) is 0 Å². The monoisotopic (exact) mass is 427 g/mol. The van der Waals surface area contributed by atoms with Crippen molar-refractivity contribution in [1.82, 2.24) is 10.3 Å². The fraction of sp³-hybridized carbons (Fsp3) is 0.500. The van der Waals surface area contributed by atoms with Gasteiger partial charge in [0.2, 0.25) is 0 Å². The second kappa shape index (κ2) is 9.87. The van der Waals surface area contributed by atoms with Crippen molar-refractivity contribution in [3.8, 4) is 0 Å². The van der Waals surface area contributed by atoms with E-state index in [1.165, 1.54) is 24.8 Å². The summed E-state index contributed by atoms with van der Waals surface area (Å²) in [5.41, 5.74) is 7.96. The van der Waals surface area contributed by atoms with Crippen LogP contribution in [-0.2, 0) is 6.42 Å². The van der Waals surface area contributed by atoms with E-state index in [1.54, 1.807) is 11.3 Å². The lowest BCUT2D eigenvalue weighted by molar-refractivity contribution is 0.0752. The summed E-state index contributed by atoms with van der Waals surface area (Å²) in [6, 6.07) is 10.8. The summed E-state index contributed by atoms with van der Waals surface area (Å²) in [5, 5.41) is 6.16. The predicted octanol–water partition coefficient (Wildman–Crippen LogP) is 4.21. The van der Waals surface area contributed by atoms with Crippen LogP contribution in [0.1, 0.15) is 53.2 Å². The maximum absolute atomic E-state index is 12.7. The summed E-state index contributed by atoms with van der Waals surface area (Å²) in [6.07, 6.45) is 6.50. The quantitative estimate of drug-likeness (QED) is 0.767. The van der Waals surface area contributed by atoms with Gasteiger partial charge in [-0.2, -0.15) is 0 Å². The number of halogens is 2. The molecule has 0 aliphatic heterocycles. The molecule has 7 heteroatoms. The Bertz CT molecular complexity index is 726. The topological polar surface area (TPSA) is 68.0 Å². The number of amides is 1. The summed E-state index contributed by atoms with van der Waals surface area (Å²) < 4.78 is 0. The van der Waals surface area contributed by atoms with Gasteiger partial charge in [-0.1, -0.05) is 36.8 Å². The highest BCUT2D eigenvalue weighted by Gasteiger charge is 2.40. The van der Waals surface area contributed by atoms with Crippen LogP contribution in [0.2, 0.25) is 0 Å². The van der Waals surface area contributed by atoms with Gasteiger partial charge in [0.15, 0.2) is 0 Å². The third-order valence-corrected chi connectivity index (χ3v) is 6.51. The van der Waals surface area contributed by atoms with Crippen molar-refractivity contribution in [2.75, 3.05) is 0 Å². The van der Waals surface area contributed by atoms with E-state index < -0.39 is 0 Å². The number of fused-ring (bicyclic) bond motifs is 2. The average molecular weight is 428 g/mol. The van der Waals surface area contributed by atoms with Crippen molar-refractivity contribution >= 4 is 42.1 Å². The molecule has 0 radical (unpaired) electrons. The molecule has 2 fully saturated rings. The summed E-state index contributed by atoms with van der Waals surface area (Å²) in [6.45, 7) is 0. The van der Waals surface area contributed by atoms with E-state index >= 15 is 0 Å². The van der Waals surface area contributed by atoms with Crippen LogP contribution in [0.3, 0.4) is 0 Å². The molecule has 2 aliphatic rings. The molecule has 2 unspecified atom stereocenters. The van der Waals surface area contributed by atoms with Gasteiger partial charge in [0.1, 0.15) is 5.69 Å². The molecule has 1 aromatic heterocycles. The van der Waals surface area contributed by atoms with Gasteiger partial charge >= 0.3 is 0 Å². The van der Waals surface area contributed by atoms with Gasteiger partial charge in [0, 0.05) is 23.9 Å². The van der Waals surface area contributed by atoms with Gasteiger partial charge in [0.25, 0.3) is 5.91 Å². The first kappa shape index (κ1) is 22.2. The first-order valence-electron chi connectivity index (χ1n) is 9.24. The van der Waals surface area contributed by atoms with E-state index in [4.69, 9.17) is 5.73 Å². The minimum absolute atomic E-state index is 0. The van der Waals surface area contributed by atoms with E-state index in [0.717, 1.165) is 24.3 Å². The Labute approximate surface area is 177 Å². The van der Waals surface area contributed by atoms with E-state index in [9.17, 15) is 4.79 Å². The molecule has 2 aliphatic carbocycles. The van der Waals surface area contributed by atoms with Gasteiger partial charge in [-0.3, -0.25) is 4.79 Å². The molecule has 2 aromatic rings. The molecule has 27 heavy (non-hydrogen) atoms. The van der Waals surface area contributed by atoms with Crippen LogP contribution in [0.15, 0.2) is 35.7 Å². The Morgan fingerprint density at radius 3 is 2.48 bits per heavy atom. The summed E-state index contributed by atoms with van der Waals surface area (Å²) in [5.74, 6) is 1.05. The zero-order chi connectivity index (χ0) is 17.2. The van der Waals surface area contributed by atoms with Gasteiger partial charge in [0.05, 0.1) is 5.01 Å². The highest BCUT2D eigenvalue weighted by molar-refractivity contribution is 7.09. The molecule has 0 spiro atoms. The Balaban J connectivity index is 0.00000131. The highest BCUT2D eigenvalue weighted by Crippen LogP contribution is 2.39. The average Bonchev–Trinajstić information content (AvgIpc) is 3.05. The fourth-order valence-electron chi connectivity index (χ4n) is 4.52. The van der Waals surface area contributed by atoms with Crippen LogP contribution in [-0.4, -0.2) is 23.0 Å². The number of nitrogens with zero attached hydrogens (tertiary/aromatic N) is 1. The molecule has 0 saturated heterocycles. The number of hydrogen-bond donors (Lipinski definition) is 2. The molecular weight excluding hydrogens is 401 g/mol. The summed E-state index contributed by atoms with van der Waals surface area (Å²) in [7, 11) is 0. The predicted molar refractivity (Wildman–Crippen MR) is 115 cm³/mol. The Morgan fingerprint density at radius 2 is 1.81 bits per heavy atom. The Kier molecular flexibility index (Phi) is 8.10. The van der Waals surface area contributed by atoms with Crippen LogP contribution < -0.4 is 11.1 Å². The number of rotatable bonds is 4. The molecule has 4 rings (SSSR count). The number of aromatic nitrogens is 1. The van der Waals surface area contributed by atoms with E-state index in [0.29, 0.717) is 23.6 Å². The van der Waals surface area contributed by atoms with Crippen LogP contribution >= 0.6 is 36.2 Å². The summed E-state index contributed by atoms with van der Waals surface area (Å²) >= 11 is 1.56. The number of benzene rings is 1. The SMILES string of the molecule is Cl.Cl.NC1CC2CCCC(C1)C2NC(=O)c1csc(Cc2ccccc2)n1. The normalized spacial score (nSPS) is 26.4. The van der Waals surface area contributed by atoms with Gasteiger partial charge in [-0.15, -0.1) is 36.2 Å². The zero-order valence-electron chi connectivity index (χ0n) is 15.2. The second-order valence-electron chi connectivity index (χ2n) is 7.47. The van der Waals surface area contributed by atoms with Gasteiger partial charge in [-0.05, 0) is 43.1 Å². The molecule has 1 amide bonds. The fourth-order valence-corrected chi connectivity index (χ4v) is 5.33. The van der Waals surface area contributed by atoms with E-state index in [-0.39, 0.29) is 36.8 Å². The maximum Gasteiger partial charge on any atom is 0.270 e. The van der Waals surface area contributed by atoms with Gasteiger partial charge in [-0.25, -0.2) is 4.98 Å². The van der Waals surface area contributed by atoms with Crippen molar-refractivity contribution < 1.29 is 4.79 Å². The molecule has 2 atom stereocenters. The van der Waals surface area contributed by atoms with Crippen molar-refractivity contribution in [2.24, 2.45) is 17.6 Å². The zero-order valence-corrected chi connectivity index (χ0v) is 17.6. The number of nitrogens with one attached hydrogen (secondary N) is 1. The lowest BCUT2D eigenvalue weighted by Crippen LogP contribution is -2.53. The third kappa shape index (κ3) is 5.23. The first-order valence-corrected chi connectivity index (χ1v) is 10.1. The lowest BCUT2D eigenvalue weighted by Gasteiger charge is -2.45. The van der Waals surface area contributed by atoms with Crippen molar-refractivity contribution in [3.63, 3.8) is 0 Å². The smallest absolute Gasteiger partial charge is 0.270 e. The van der Waals surface area contributed by atoms with E-state index in [1.807, 2.05) is 23.6 Å². The third-order valence-electron chi connectivity index (χ3n) is 5.66. The number of thiazole rings is 1. The molecule has 2 bridgehead atoms. The minimum Gasteiger partial charge on any atom is -0.347 e. The molecular formula is C20H27Cl2N3OS. The summed E-state index contributed by atoms with van der Waals surface area (Å²) in [4.78, 5) is 17.3. The van der Waals surface area contributed by atoms with Crippen LogP contribution in [0, 0.1) is 11.8 Å². The second-order valence-corrected chi connectivity index (χ2v) is 8.41. The van der Waals surface area contributed by atoms with Crippen molar-refractivity contribution in [2.45, 2.75) is 50.6 Å². The first-order chi connectivity index (χ1) is 12.2. The van der Waals surface area contributed by atoms with Crippen LogP contribution in [0.5, 0.6) is 0 Å². The Morgan fingerprint density at radius 1 is 1.15 bits per heavy atom. The lowest BCUT2D eigenvalue weighted by atomic mass is 9.67. The largest absolute Gasteiger partial charge is 0.347 e.